The first-order valence-electron chi connectivity index (χ1n) is 7.51. The maximum atomic E-state index is 4.79. The number of anilines is 1. The molecule has 1 saturated heterocycles. The maximum absolute atomic E-state index is 4.79. The molecule has 0 saturated carbocycles. The second-order valence-electron chi connectivity index (χ2n) is 6.07. The van der Waals surface area contributed by atoms with Gasteiger partial charge >= 0.3 is 0 Å². The Kier molecular flexibility index (Phi) is 5.22. The summed E-state index contributed by atoms with van der Waals surface area (Å²) in [4.78, 5) is 8.68. The van der Waals surface area contributed by atoms with Gasteiger partial charge in [0.25, 0.3) is 0 Å². The Morgan fingerprint density at radius 3 is 2.89 bits per heavy atom. The lowest BCUT2D eigenvalue weighted by molar-refractivity contribution is 0.484. The highest BCUT2D eigenvalue weighted by molar-refractivity contribution is 7.15. The van der Waals surface area contributed by atoms with Crippen LogP contribution in [0.2, 0.25) is 0 Å². The fraction of sp³-hybridized carbons (Fsp3) is 0.800. The van der Waals surface area contributed by atoms with Gasteiger partial charge in [-0.3, -0.25) is 0 Å². The van der Waals surface area contributed by atoms with E-state index in [0.717, 1.165) is 13.1 Å². The van der Waals surface area contributed by atoms with Gasteiger partial charge in [0.2, 0.25) is 0 Å². The predicted molar refractivity (Wildman–Crippen MR) is 84.1 cm³/mol. The molecule has 19 heavy (non-hydrogen) atoms. The van der Waals surface area contributed by atoms with E-state index in [9.17, 15) is 0 Å². The average Bonchev–Trinajstić information content (AvgIpc) is 2.71. The molecule has 2 rings (SSSR count). The molecule has 1 aliphatic rings. The summed E-state index contributed by atoms with van der Waals surface area (Å²) in [6.07, 6.45) is 3.98. The van der Waals surface area contributed by atoms with Crippen LogP contribution in [0.5, 0.6) is 0 Å². The van der Waals surface area contributed by atoms with Crippen molar-refractivity contribution < 1.29 is 0 Å². The molecule has 1 fully saturated rings. The number of aromatic nitrogens is 1. The number of aryl methyl sites for hydroxylation is 1. The van der Waals surface area contributed by atoms with Gasteiger partial charge in [-0.25, -0.2) is 4.98 Å². The van der Waals surface area contributed by atoms with Gasteiger partial charge in [-0.1, -0.05) is 13.8 Å². The summed E-state index contributed by atoms with van der Waals surface area (Å²) in [5.74, 6) is 0.704. The zero-order chi connectivity index (χ0) is 13.8. The van der Waals surface area contributed by atoms with E-state index < -0.39 is 0 Å². The van der Waals surface area contributed by atoms with Gasteiger partial charge in [-0.2, -0.15) is 0 Å². The lowest BCUT2D eigenvalue weighted by Crippen LogP contribution is -2.37. The van der Waals surface area contributed by atoms with E-state index in [0.29, 0.717) is 12.0 Å². The summed E-state index contributed by atoms with van der Waals surface area (Å²) in [6.45, 7) is 12.2. The Labute approximate surface area is 121 Å². The molecule has 3 nitrogen and oxygen atoms in total. The molecular weight excluding hydrogens is 254 g/mol. The molecule has 2 heterocycles. The molecule has 1 unspecified atom stereocenters. The van der Waals surface area contributed by atoms with E-state index in [4.69, 9.17) is 4.98 Å². The first-order chi connectivity index (χ1) is 9.08. The van der Waals surface area contributed by atoms with Crippen molar-refractivity contribution in [2.45, 2.75) is 59.5 Å². The molecule has 4 heteroatoms. The molecule has 0 radical (unpaired) electrons. The zero-order valence-corrected chi connectivity index (χ0v) is 13.5. The van der Waals surface area contributed by atoms with Gasteiger partial charge in [-0.05, 0) is 45.6 Å². The van der Waals surface area contributed by atoms with Crippen molar-refractivity contribution in [1.82, 2.24) is 10.3 Å². The van der Waals surface area contributed by atoms with Crippen LogP contribution < -0.4 is 10.2 Å². The molecule has 1 atom stereocenters. The highest BCUT2D eigenvalue weighted by atomic mass is 32.1. The first-order valence-corrected chi connectivity index (χ1v) is 8.33. The molecule has 0 spiro atoms. The predicted octanol–water partition coefficient (Wildman–Crippen LogP) is 3.58. The van der Waals surface area contributed by atoms with E-state index in [1.165, 1.54) is 41.5 Å². The Hall–Kier alpha value is -0.610. The van der Waals surface area contributed by atoms with Crippen LogP contribution in [0.1, 0.15) is 50.6 Å². The lowest BCUT2D eigenvalue weighted by atomic mass is 10.1. The van der Waals surface area contributed by atoms with Gasteiger partial charge in [0.15, 0.2) is 5.13 Å². The van der Waals surface area contributed by atoms with Crippen LogP contribution in [0.25, 0.3) is 0 Å². The summed E-state index contributed by atoms with van der Waals surface area (Å²) in [5, 5.41) is 4.75. The Bertz CT molecular complexity index is 400. The van der Waals surface area contributed by atoms with E-state index in [1.807, 2.05) is 11.3 Å². The van der Waals surface area contributed by atoms with Crippen molar-refractivity contribution in [2.24, 2.45) is 5.92 Å². The fourth-order valence-electron chi connectivity index (χ4n) is 2.56. The third-order valence-corrected chi connectivity index (χ3v) is 4.96. The molecule has 108 valence electrons. The molecule has 0 bridgehead atoms. The Morgan fingerprint density at radius 2 is 2.21 bits per heavy atom. The van der Waals surface area contributed by atoms with Crippen molar-refractivity contribution in [3.63, 3.8) is 0 Å². The monoisotopic (exact) mass is 281 g/mol. The van der Waals surface area contributed by atoms with Gasteiger partial charge in [-0.15, -0.1) is 11.3 Å². The molecule has 1 N–H and O–H groups in total. The smallest absolute Gasteiger partial charge is 0.186 e. The van der Waals surface area contributed by atoms with Crippen LogP contribution >= 0.6 is 11.3 Å². The molecule has 1 aromatic heterocycles. The van der Waals surface area contributed by atoms with Crippen molar-refractivity contribution in [3.05, 3.63) is 10.6 Å². The number of nitrogens with one attached hydrogen (secondary N) is 1. The highest BCUT2D eigenvalue weighted by Gasteiger charge is 2.22. The topological polar surface area (TPSA) is 28.2 Å². The van der Waals surface area contributed by atoms with Crippen molar-refractivity contribution in [3.8, 4) is 0 Å². The zero-order valence-electron chi connectivity index (χ0n) is 12.7. The molecule has 0 aromatic carbocycles. The highest BCUT2D eigenvalue weighted by Crippen LogP contribution is 2.30. The fourth-order valence-corrected chi connectivity index (χ4v) is 3.72. The summed E-state index contributed by atoms with van der Waals surface area (Å²) in [6, 6.07) is 0.649. The normalized spacial score (nSPS) is 20.3. The first kappa shape index (κ1) is 14.8. The summed E-state index contributed by atoms with van der Waals surface area (Å²) >= 11 is 1.87. The van der Waals surface area contributed by atoms with Crippen LogP contribution in [0, 0.1) is 12.8 Å². The van der Waals surface area contributed by atoms with E-state index in [2.05, 4.69) is 37.9 Å². The van der Waals surface area contributed by atoms with Crippen LogP contribution in [0.4, 0.5) is 5.13 Å². The van der Waals surface area contributed by atoms with Crippen LogP contribution in [-0.2, 0) is 6.54 Å². The van der Waals surface area contributed by atoms with E-state index in [-0.39, 0.29) is 0 Å². The Balaban J connectivity index is 1.99. The average molecular weight is 281 g/mol. The molecule has 1 aromatic rings. The second-order valence-corrected chi connectivity index (χ2v) is 7.13. The third kappa shape index (κ3) is 3.93. The second kappa shape index (κ2) is 6.71. The summed E-state index contributed by atoms with van der Waals surface area (Å²) in [5.41, 5.74) is 1.20. The minimum atomic E-state index is 0.649. The van der Waals surface area contributed by atoms with E-state index >= 15 is 0 Å². The number of piperidine rings is 1. The molecule has 0 amide bonds. The minimum Gasteiger partial charge on any atom is -0.345 e. The molecule has 0 aliphatic carbocycles. The number of rotatable bonds is 5. The number of hydrogen-bond acceptors (Lipinski definition) is 4. The minimum absolute atomic E-state index is 0.649. The van der Waals surface area contributed by atoms with Gasteiger partial charge in [0.1, 0.15) is 0 Å². The van der Waals surface area contributed by atoms with Crippen LogP contribution in [0.15, 0.2) is 0 Å². The molecular formula is C15H27N3S. The SMILES string of the molecule is Cc1nc(N2CCCCC2C)sc1CNCC(C)C. The number of nitrogens with zero attached hydrogens (tertiary/aromatic N) is 2. The van der Waals surface area contributed by atoms with Gasteiger partial charge in [0.05, 0.1) is 5.69 Å². The van der Waals surface area contributed by atoms with Crippen molar-refractivity contribution in [1.29, 1.82) is 0 Å². The van der Waals surface area contributed by atoms with Crippen molar-refractivity contribution in [2.75, 3.05) is 18.0 Å². The maximum Gasteiger partial charge on any atom is 0.186 e. The summed E-state index contributed by atoms with van der Waals surface area (Å²) in [7, 11) is 0. The third-order valence-electron chi connectivity index (χ3n) is 3.77. The largest absolute Gasteiger partial charge is 0.345 e. The van der Waals surface area contributed by atoms with E-state index in [1.54, 1.807) is 0 Å². The van der Waals surface area contributed by atoms with Gasteiger partial charge < -0.3 is 10.2 Å². The summed E-state index contributed by atoms with van der Waals surface area (Å²) < 4.78 is 0. The Morgan fingerprint density at radius 1 is 1.42 bits per heavy atom. The van der Waals surface area contributed by atoms with Crippen molar-refractivity contribution >= 4 is 16.5 Å². The molecule has 1 aliphatic heterocycles. The van der Waals surface area contributed by atoms with Gasteiger partial charge in [0, 0.05) is 24.0 Å². The number of thiazole rings is 1. The van der Waals surface area contributed by atoms with Crippen LogP contribution in [0.3, 0.4) is 0 Å². The lowest BCUT2D eigenvalue weighted by Gasteiger charge is -2.33. The standard InChI is InChI=1S/C15H27N3S/c1-11(2)9-16-10-14-13(4)17-15(19-14)18-8-6-5-7-12(18)3/h11-12,16H,5-10H2,1-4H3. The quantitative estimate of drug-likeness (QED) is 0.894. The van der Waals surface area contributed by atoms with Crippen LogP contribution in [-0.4, -0.2) is 24.1 Å². The number of hydrogen-bond donors (Lipinski definition) is 1.